The summed E-state index contributed by atoms with van der Waals surface area (Å²) in [4.78, 5) is 23.5. The fourth-order valence-electron chi connectivity index (χ4n) is 4.51. The maximum absolute atomic E-state index is 13.8. The van der Waals surface area contributed by atoms with Gasteiger partial charge in [0.15, 0.2) is 0 Å². The number of hydrogen-bond donors (Lipinski definition) is 3. The molecule has 1 aromatic heterocycles. The summed E-state index contributed by atoms with van der Waals surface area (Å²) < 4.78 is 29.3. The Morgan fingerprint density at radius 3 is 1.92 bits per heavy atom. The second kappa shape index (κ2) is 13.3. The van der Waals surface area contributed by atoms with Crippen LogP contribution in [0.3, 0.4) is 0 Å². The number of nitrogens with two attached hydrogens (primary N) is 1. The van der Waals surface area contributed by atoms with Gasteiger partial charge in [-0.25, -0.2) is 8.78 Å². The van der Waals surface area contributed by atoms with E-state index in [1.54, 1.807) is 12.1 Å². The molecule has 2 aromatic carbocycles. The average Bonchev–Trinajstić information content (AvgIpc) is 3.14. The van der Waals surface area contributed by atoms with Crippen molar-refractivity contribution in [2.75, 3.05) is 0 Å². The first-order valence-corrected chi connectivity index (χ1v) is 11.6. The number of aliphatic hydroxyl groups excluding tert-OH is 2. The zero-order valence-electron chi connectivity index (χ0n) is 21.1. The van der Waals surface area contributed by atoms with Crippen molar-refractivity contribution in [3.63, 3.8) is 0 Å². The standard InChI is InChI=1S/C27H30F2N2O5.Na/c1-15(2)25-24(27(30)36)23(16-3-7-18(28)8-4-16)26(17-5-9-19(29)10-6-17)31(25)12-11-20(32)13-21(33)14-22(34)35;/h3-10,15,20-21,32-33H,11-14H2,1-2H3,(H2,30,36)(H,34,35);/q;+1/p-1/t20-,21-;/m1./s1. The van der Waals surface area contributed by atoms with Crippen LogP contribution < -0.4 is 40.4 Å². The second-order valence-electron chi connectivity index (χ2n) is 9.08. The molecule has 3 aromatic rings. The van der Waals surface area contributed by atoms with Crippen molar-refractivity contribution in [3.8, 4) is 22.4 Å². The number of carbonyl (C=O) groups excluding carboxylic acids is 2. The molecule has 0 radical (unpaired) electrons. The molecule has 0 bridgehead atoms. The largest absolute Gasteiger partial charge is 1.00 e. The molecule has 10 heteroatoms. The van der Waals surface area contributed by atoms with Crippen molar-refractivity contribution in [1.82, 2.24) is 4.57 Å². The van der Waals surface area contributed by atoms with Crippen LogP contribution in [0.15, 0.2) is 48.5 Å². The van der Waals surface area contributed by atoms with E-state index in [1.165, 1.54) is 36.4 Å². The van der Waals surface area contributed by atoms with Crippen molar-refractivity contribution < 1.29 is 63.2 Å². The first-order chi connectivity index (χ1) is 17.0. The van der Waals surface area contributed by atoms with E-state index in [4.69, 9.17) is 5.73 Å². The summed E-state index contributed by atoms with van der Waals surface area (Å²) in [6.45, 7) is 3.93. The van der Waals surface area contributed by atoms with Gasteiger partial charge in [0, 0.05) is 30.2 Å². The normalized spacial score (nSPS) is 12.7. The molecule has 0 saturated heterocycles. The Bertz CT molecular complexity index is 1230. The minimum Gasteiger partial charge on any atom is -0.550 e. The molecule has 4 N–H and O–H groups in total. The molecule has 0 saturated carbocycles. The van der Waals surface area contributed by atoms with Crippen molar-refractivity contribution in [3.05, 3.63) is 71.4 Å². The molecular formula is C27H29F2N2NaO5. The zero-order valence-corrected chi connectivity index (χ0v) is 23.1. The van der Waals surface area contributed by atoms with Crippen LogP contribution in [0.5, 0.6) is 0 Å². The number of aromatic nitrogens is 1. The predicted molar refractivity (Wildman–Crippen MR) is 129 cm³/mol. The summed E-state index contributed by atoms with van der Waals surface area (Å²) in [6.07, 6.45) is -2.97. The monoisotopic (exact) mass is 522 g/mol. The smallest absolute Gasteiger partial charge is 0.550 e. The molecule has 0 aliphatic rings. The van der Waals surface area contributed by atoms with Crippen molar-refractivity contribution >= 4 is 11.9 Å². The number of primary amides is 1. The van der Waals surface area contributed by atoms with Gasteiger partial charge >= 0.3 is 29.6 Å². The molecule has 0 aliphatic heterocycles. The van der Waals surface area contributed by atoms with Gasteiger partial charge in [-0.2, -0.15) is 0 Å². The van der Waals surface area contributed by atoms with Gasteiger partial charge in [-0.3, -0.25) is 4.79 Å². The van der Waals surface area contributed by atoms with E-state index in [0.717, 1.165) is 0 Å². The van der Waals surface area contributed by atoms with E-state index in [9.17, 15) is 33.7 Å². The fraction of sp³-hybridized carbons (Fsp3) is 0.333. The Labute approximate surface area is 236 Å². The van der Waals surface area contributed by atoms with Gasteiger partial charge in [0.1, 0.15) is 11.6 Å². The maximum atomic E-state index is 13.8. The van der Waals surface area contributed by atoms with Crippen LogP contribution in [0.1, 0.15) is 55.1 Å². The van der Waals surface area contributed by atoms with Crippen molar-refractivity contribution in [2.24, 2.45) is 5.73 Å². The molecule has 3 rings (SSSR count). The molecule has 0 unspecified atom stereocenters. The first-order valence-electron chi connectivity index (χ1n) is 11.6. The van der Waals surface area contributed by atoms with E-state index in [1.807, 2.05) is 18.4 Å². The topological polar surface area (TPSA) is 129 Å². The van der Waals surface area contributed by atoms with Crippen LogP contribution in [-0.4, -0.2) is 38.9 Å². The van der Waals surface area contributed by atoms with Crippen LogP contribution in [0, 0.1) is 11.6 Å². The summed E-state index contributed by atoms with van der Waals surface area (Å²) in [5, 5.41) is 31.1. The molecule has 0 spiro atoms. The Morgan fingerprint density at radius 2 is 1.46 bits per heavy atom. The van der Waals surface area contributed by atoms with E-state index in [-0.39, 0.29) is 60.4 Å². The summed E-state index contributed by atoms with van der Waals surface area (Å²) in [6, 6.07) is 11.3. The summed E-state index contributed by atoms with van der Waals surface area (Å²) in [7, 11) is 0. The fourth-order valence-corrected chi connectivity index (χ4v) is 4.51. The number of rotatable bonds is 11. The number of nitrogens with zero attached hydrogens (tertiary/aromatic N) is 1. The summed E-state index contributed by atoms with van der Waals surface area (Å²) in [5.41, 5.74) is 8.79. The number of carboxylic acids is 1. The van der Waals surface area contributed by atoms with Gasteiger partial charge in [0.2, 0.25) is 0 Å². The van der Waals surface area contributed by atoms with Gasteiger partial charge in [-0.15, -0.1) is 0 Å². The quantitative estimate of drug-likeness (QED) is 0.305. The minimum atomic E-state index is -1.42. The molecular weight excluding hydrogens is 493 g/mol. The maximum Gasteiger partial charge on any atom is 1.00 e. The third-order valence-electron chi connectivity index (χ3n) is 5.98. The SMILES string of the molecule is CC(C)c1c(C(N)=O)c(-c2ccc(F)cc2)c(-c2ccc(F)cc2)n1CC[C@@H](O)C[C@@H](O)CC(=O)[O-].[Na+]. The number of amides is 1. The minimum absolute atomic E-state index is 0. The van der Waals surface area contributed by atoms with E-state index < -0.39 is 42.1 Å². The number of carbonyl (C=O) groups is 2. The van der Waals surface area contributed by atoms with Crippen LogP contribution in [0.2, 0.25) is 0 Å². The van der Waals surface area contributed by atoms with Crippen LogP contribution >= 0.6 is 0 Å². The summed E-state index contributed by atoms with van der Waals surface area (Å²) >= 11 is 0. The predicted octanol–water partition coefficient (Wildman–Crippen LogP) is -0.0314. The number of carboxylic acid groups (broad SMARTS) is 1. The molecule has 2 atom stereocenters. The van der Waals surface area contributed by atoms with E-state index >= 15 is 0 Å². The third-order valence-corrected chi connectivity index (χ3v) is 5.98. The Hall–Kier alpha value is -2.56. The molecule has 0 fully saturated rings. The van der Waals surface area contributed by atoms with Crippen LogP contribution in [0.4, 0.5) is 8.78 Å². The van der Waals surface area contributed by atoms with Crippen LogP contribution in [0.25, 0.3) is 22.4 Å². The van der Waals surface area contributed by atoms with Crippen LogP contribution in [-0.2, 0) is 11.3 Å². The Morgan fingerprint density at radius 1 is 0.946 bits per heavy atom. The van der Waals surface area contributed by atoms with Gasteiger partial charge in [-0.1, -0.05) is 26.0 Å². The van der Waals surface area contributed by atoms with E-state index in [0.29, 0.717) is 28.1 Å². The molecule has 7 nitrogen and oxygen atoms in total. The summed E-state index contributed by atoms with van der Waals surface area (Å²) in [5.74, 6) is -3.20. The molecule has 1 heterocycles. The van der Waals surface area contributed by atoms with Gasteiger partial charge < -0.3 is 30.4 Å². The van der Waals surface area contributed by atoms with Crippen molar-refractivity contribution in [2.45, 2.75) is 57.8 Å². The van der Waals surface area contributed by atoms with Gasteiger partial charge in [0.05, 0.1) is 23.5 Å². The Kier molecular flexibility index (Phi) is 11.0. The molecule has 0 aliphatic carbocycles. The van der Waals surface area contributed by atoms with Gasteiger partial charge in [0.25, 0.3) is 5.91 Å². The molecule has 37 heavy (non-hydrogen) atoms. The number of benzene rings is 2. The average molecular weight is 523 g/mol. The first kappa shape index (κ1) is 30.7. The number of aliphatic carboxylic acids is 1. The molecule has 192 valence electrons. The van der Waals surface area contributed by atoms with E-state index in [2.05, 4.69) is 0 Å². The molecule has 1 amide bonds. The van der Waals surface area contributed by atoms with Crippen molar-refractivity contribution in [1.29, 1.82) is 0 Å². The number of hydrogen-bond acceptors (Lipinski definition) is 5. The second-order valence-corrected chi connectivity index (χ2v) is 9.08. The van der Waals surface area contributed by atoms with Gasteiger partial charge in [-0.05, 0) is 66.3 Å². The number of halogens is 2. The third kappa shape index (κ3) is 7.49. The Balaban J connectivity index is 0.00000481. The number of aliphatic hydroxyl groups is 2. The zero-order chi connectivity index (χ0) is 26.6.